The summed E-state index contributed by atoms with van der Waals surface area (Å²) in [4.78, 5) is 12.6. The number of anilines is 1. The molecule has 128 valence electrons. The van der Waals surface area contributed by atoms with E-state index in [4.69, 9.17) is 9.47 Å². The van der Waals surface area contributed by atoms with Crippen molar-refractivity contribution < 1.29 is 14.3 Å². The van der Waals surface area contributed by atoms with Gasteiger partial charge in [0.05, 0.1) is 6.61 Å². The van der Waals surface area contributed by atoms with Gasteiger partial charge in [0.1, 0.15) is 11.4 Å². The standard InChI is InChI=1S/C19H29NO3/c1-5-7-12-22-17-11-10-16(13-14(17)3)20-18(21)19(4,23-6-2)15-8-9-15/h10-11,13,15H,5-9,12H2,1-4H3,(H,20,21)/t19-/m0/s1. The lowest BCUT2D eigenvalue weighted by Crippen LogP contribution is -2.44. The van der Waals surface area contributed by atoms with Gasteiger partial charge in [0, 0.05) is 12.3 Å². The van der Waals surface area contributed by atoms with Gasteiger partial charge in [0.25, 0.3) is 5.91 Å². The normalized spacial score (nSPS) is 16.7. The second kappa shape index (κ2) is 7.82. The van der Waals surface area contributed by atoms with Gasteiger partial charge in [-0.25, -0.2) is 0 Å². The number of ether oxygens (including phenoxy) is 2. The molecule has 0 bridgehead atoms. The lowest BCUT2D eigenvalue weighted by Gasteiger charge is -2.28. The molecular weight excluding hydrogens is 290 g/mol. The fourth-order valence-corrected chi connectivity index (χ4v) is 2.77. The predicted molar refractivity (Wildman–Crippen MR) is 93.0 cm³/mol. The molecule has 0 spiro atoms. The Labute approximate surface area is 139 Å². The van der Waals surface area contributed by atoms with Crippen molar-refractivity contribution in [2.75, 3.05) is 18.5 Å². The average Bonchev–Trinajstić information content (AvgIpc) is 3.35. The number of hydrogen-bond donors (Lipinski definition) is 1. The molecule has 0 aliphatic heterocycles. The first kappa shape index (κ1) is 17.8. The van der Waals surface area contributed by atoms with Crippen LogP contribution < -0.4 is 10.1 Å². The number of unbranched alkanes of at least 4 members (excludes halogenated alkanes) is 1. The van der Waals surface area contributed by atoms with Crippen molar-refractivity contribution >= 4 is 11.6 Å². The molecule has 0 heterocycles. The summed E-state index contributed by atoms with van der Waals surface area (Å²) in [6, 6.07) is 5.78. The van der Waals surface area contributed by atoms with Crippen LogP contribution in [0.1, 0.15) is 52.0 Å². The maximum atomic E-state index is 12.6. The van der Waals surface area contributed by atoms with E-state index < -0.39 is 5.60 Å². The summed E-state index contributed by atoms with van der Waals surface area (Å²) in [5.74, 6) is 1.16. The minimum Gasteiger partial charge on any atom is -0.493 e. The van der Waals surface area contributed by atoms with E-state index in [2.05, 4.69) is 12.2 Å². The van der Waals surface area contributed by atoms with Gasteiger partial charge in [-0.1, -0.05) is 13.3 Å². The van der Waals surface area contributed by atoms with Gasteiger partial charge in [-0.2, -0.15) is 0 Å². The number of rotatable bonds is 9. The van der Waals surface area contributed by atoms with E-state index in [0.717, 1.165) is 49.3 Å². The number of carbonyl (C=O) groups excluding carboxylic acids is 1. The Balaban J connectivity index is 2.01. The molecule has 1 aromatic rings. The Bertz CT molecular complexity index is 539. The molecule has 23 heavy (non-hydrogen) atoms. The summed E-state index contributed by atoms with van der Waals surface area (Å²) < 4.78 is 11.5. The van der Waals surface area contributed by atoms with Gasteiger partial charge < -0.3 is 14.8 Å². The number of amides is 1. The van der Waals surface area contributed by atoms with Crippen LogP contribution in [0.15, 0.2) is 18.2 Å². The van der Waals surface area contributed by atoms with Crippen molar-refractivity contribution in [1.29, 1.82) is 0 Å². The van der Waals surface area contributed by atoms with Crippen LogP contribution in [-0.4, -0.2) is 24.7 Å². The molecule has 0 radical (unpaired) electrons. The zero-order chi connectivity index (χ0) is 16.9. The molecule has 4 heteroatoms. The molecular formula is C19H29NO3. The summed E-state index contributed by atoms with van der Waals surface area (Å²) in [7, 11) is 0. The van der Waals surface area contributed by atoms with Crippen molar-refractivity contribution in [1.82, 2.24) is 0 Å². The van der Waals surface area contributed by atoms with E-state index in [-0.39, 0.29) is 5.91 Å². The molecule has 1 fully saturated rings. The van der Waals surface area contributed by atoms with Gasteiger partial charge in [-0.3, -0.25) is 4.79 Å². The number of aryl methyl sites for hydroxylation is 1. The maximum Gasteiger partial charge on any atom is 0.256 e. The zero-order valence-corrected chi connectivity index (χ0v) is 14.8. The van der Waals surface area contributed by atoms with Crippen LogP contribution in [0, 0.1) is 12.8 Å². The Morgan fingerprint density at radius 2 is 2.09 bits per heavy atom. The second-order valence-corrected chi connectivity index (χ2v) is 6.45. The minimum absolute atomic E-state index is 0.0547. The first-order valence-electron chi connectivity index (χ1n) is 8.70. The molecule has 0 saturated heterocycles. The molecule has 1 atom stereocenters. The van der Waals surface area contributed by atoms with Gasteiger partial charge in [-0.15, -0.1) is 0 Å². The third-order valence-corrected chi connectivity index (χ3v) is 4.44. The predicted octanol–water partition coefficient (Wildman–Crippen LogP) is 4.32. The van der Waals surface area contributed by atoms with E-state index in [1.165, 1.54) is 0 Å². The third-order valence-electron chi connectivity index (χ3n) is 4.44. The van der Waals surface area contributed by atoms with Crippen molar-refractivity contribution in [2.24, 2.45) is 5.92 Å². The highest BCUT2D eigenvalue weighted by atomic mass is 16.5. The minimum atomic E-state index is -0.723. The maximum absolute atomic E-state index is 12.6. The monoisotopic (exact) mass is 319 g/mol. The molecule has 1 N–H and O–H groups in total. The van der Waals surface area contributed by atoms with Crippen molar-refractivity contribution in [3.05, 3.63) is 23.8 Å². The molecule has 4 nitrogen and oxygen atoms in total. The summed E-state index contributed by atoms with van der Waals surface area (Å²) >= 11 is 0. The van der Waals surface area contributed by atoms with Crippen LogP contribution in [0.5, 0.6) is 5.75 Å². The number of benzene rings is 1. The van der Waals surface area contributed by atoms with E-state index in [1.807, 2.05) is 39.0 Å². The Hall–Kier alpha value is -1.55. The number of carbonyl (C=O) groups is 1. The number of nitrogens with one attached hydrogen (secondary N) is 1. The molecule has 1 aromatic carbocycles. The van der Waals surface area contributed by atoms with Gasteiger partial charge in [0.2, 0.25) is 0 Å². The van der Waals surface area contributed by atoms with Crippen LogP contribution in [0.3, 0.4) is 0 Å². The number of hydrogen-bond acceptors (Lipinski definition) is 3. The fourth-order valence-electron chi connectivity index (χ4n) is 2.77. The van der Waals surface area contributed by atoms with Crippen molar-refractivity contribution in [2.45, 2.75) is 59.0 Å². The van der Waals surface area contributed by atoms with Crippen LogP contribution >= 0.6 is 0 Å². The zero-order valence-electron chi connectivity index (χ0n) is 14.8. The van der Waals surface area contributed by atoms with Gasteiger partial charge >= 0.3 is 0 Å². The van der Waals surface area contributed by atoms with E-state index in [9.17, 15) is 4.79 Å². The highest BCUT2D eigenvalue weighted by Gasteiger charge is 2.48. The SMILES string of the molecule is CCCCOc1ccc(NC(=O)[C@@](C)(OCC)C2CC2)cc1C. The summed E-state index contributed by atoms with van der Waals surface area (Å²) in [5, 5.41) is 3.00. The highest BCUT2D eigenvalue weighted by molar-refractivity contribution is 5.97. The average molecular weight is 319 g/mol. The topological polar surface area (TPSA) is 47.6 Å². The molecule has 0 aromatic heterocycles. The lowest BCUT2D eigenvalue weighted by atomic mass is 9.98. The van der Waals surface area contributed by atoms with E-state index in [1.54, 1.807) is 0 Å². The van der Waals surface area contributed by atoms with Gasteiger partial charge in [0.15, 0.2) is 0 Å². The van der Waals surface area contributed by atoms with E-state index in [0.29, 0.717) is 12.5 Å². The molecule has 1 saturated carbocycles. The van der Waals surface area contributed by atoms with Crippen molar-refractivity contribution in [3.63, 3.8) is 0 Å². The smallest absolute Gasteiger partial charge is 0.256 e. The lowest BCUT2D eigenvalue weighted by molar-refractivity contribution is -0.141. The quantitative estimate of drug-likeness (QED) is 0.690. The molecule has 1 aliphatic carbocycles. The first-order valence-corrected chi connectivity index (χ1v) is 8.70. The van der Waals surface area contributed by atoms with Crippen LogP contribution in [0.4, 0.5) is 5.69 Å². The Kier molecular flexibility index (Phi) is 6.05. The summed E-state index contributed by atoms with van der Waals surface area (Å²) in [6.07, 6.45) is 4.29. The molecule has 2 rings (SSSR count). The largest absolute Gasteiger partial charge is 0.493 e. The molecule has 0 unspecified atom stereocenters. The second-order valence-electron chi connectivity index (χ2n) is 6.45. The van der Waals surface area contributed by atoms with Gasteiger partial charge in [-0.05, 0) is 69.7 Å². The molecule has 1 aliphatic rings. The highest BCUT2D eigenvalue weighted by Crippen LogP contribution is 2.42. The van der Waals surface area contributed by atoms with Crippen LogP contribution in [-0.2, 0) is 9.53 Å². The van der Waals surface area contributed by atoms with E-state index >= 15 is 0 Å². The summed E-state index contributed by atoms with van der Waals surface area (Å²) in [6.45, 7) is 9.25. The molecule has 1 amide bonds. The summed E-state index contributed by atoms with van der Waals surface area (Å²) in [5.41, 5.74) is 1.10. The van der Waals surface area contributed by atoms with Crippen molar-refractivity contribution in [3.8, 4) is 5.75 Å². The van der Waals surface area contributed by atoms with Crippen LogP contribution in [0.25, 0.3) is 0 Å². The van der Waals surface area contributed by atoms with Crippen LogP contribution in [0.2, 0.25) is 0 Å². The first-order chi connectivity index (χ1) is 11.0. The Morgan fingerprint density at radius 3 is 2.65 bits per heavy atom. The Morgan fingerprint density at radius 1 is 1.35 bits per heavy atom. The third kappa shape index (κ3) is 4.47. The fraction of sp³-hybridized carbons (Fsp3) is 0.632.